The highest BCUT2D eigenvalue weighted by molar-refractivity contribution is 7.13. The number of carbonyl (C=O) groups is 1. The number of piperidine rings is 1. The highest BCUT2D eigenvalue weighted by Crippen LogP contribution is 2.22. The largest absolute Gasteiger partial charge is 0.349 e. The van der Waals surface area contributed by atoms with E-state index in [0.29, 0.717) is 5.56 Å². The van der Waals surface area contributed by atoms with E-state index in [0.717, 1.165) is 31.1 Å². The van der Waals surface area contributed by atoms with E-state index in [1.165, 1.54) is 24.3 Å². The third-order valence-corrected chi connectivity index (χ3v) is 4.46. The summed E-state index contributed by atoms with van der Waals surface area (Å²) in [6.07, 6.45) is 3.60. The molecule has 2 heterocycles. The molecule has 0 spiro atoms. The van der Waals surface area contributed by atoms with Crippen LogP contribution < -0.4 is 10.2 Å². The van der Waals surface area contributed by atoms with Crippen molar-refractivity contribution in [3.05, 3.63) is 47.2 Å². The Bertz CT molecular complexity index is 592. The van der Waals surface area contributed by atoms with Crippen molar-refractivity contribution < 1.29 is 9.18 Å². The molecule has 4 nitrogen and oxygen atoms in total. The molecule has 0 atom stereocenters. The summed E-state index contributed by atoms with van der Waals surface area (Å²) in [5.41, 5.74) is 0.499. The van der Waals surface area contributed by atoms with E-state index < -0.39 is 0 Å². The third-order valence-electron chi connectivity index (χ3n) is 3.63. The van der Waals surface area contributed by atoms with E-state index in [1.54, 1.807) is 11.3 Å². The van der Waals surface area contributed by atoms with Crippen molar-refractivity contribution >= 4 is 22.4 Å². The first-order valence-electron chi connectivity index (χ1n) is 6.93. The van der Waals surface area contributed by atoms with Crippen LogP contribution in [0.15, 0.2) is 35.8 Å². The van der Waals surface area contributed by atoms with Gasteiger partial charge in [-0.05, 0) is 37.1 Å². The summed E-state index contributed by atoms with van der Waals surface area (Å²) < 4.78 is 12.8. The van der Waals surface area contributed by atoms with Gasteiger partial charge in [-0.1, -0.05) is 0 Å². The number of hydrogen-bond acceptors (Lipinski definition) is 4. The van der Waals surface area contributed by atoms with Crippen LogP contribution in [0.4, 0.5) is 9.52 Å². The Morgan fingerprint density at radius 2 is 2.00 bits per heavy atom. The normalized spacial score (nSPS) is 16.0. The van der Waals surface area contributed by atoms with Crippen molar-refractivity contribution in [3.8, 4) is 0 Å². The molecule has 1 amide bonds. The second kappa shape index (κ2) is 6.22. The molecule has 0 bridgehead atoms. The van der Waals surface area contributed by atoms with Crippen LogP contribution in [0.1, 0.15) is 23.2 Å². The zero-order chi connectivity index (χ0) is 14.7. The summed E-state index contributed by atoms with van der Waals surface area (Å²) in [6.45, 7) is 1.78. The minimum absolute atomic E-state index is 0.136. The number of aromatic nitrogens is 1. The Morgan fingerprint density at radius 3 is 2.62 bits per heavy atom. The average molecular weight is 305 g/mol. The van der Waals surface area contributed by atoms with E-state index >= 15 is 0 Å². The Balaban J connectivity index is 1.53. The number of benzene rings is 1. The first-order valence-corrected chi connectivity index (χ1v) is 7.81. The summed E-state index contributed by atoms with van der Waals surface area (Å²) in [6, 6.07) is 5.80. The average Bonchev–Trinajstić information content (AvgIpc) is 3.03. The summed E-state index contributed by atoms with van der Waals surface area (Å²) >= 11 is 1.63. The van der Waals surface area contributed by atoms with E-state index in [1.807, 2.05) is 11.6 Å². The second-order valence-corrected chi connectivity index (χ2v) is 5.93. The van der Waals surface area contributed by atoms with Gasteiger partial charge in [0.25, 0.3) is 5.91 Å². The number of carbonyl (C=O) groups excluding carboxylic acids is 1. The molecule has 110 valence electrons. The van der Waals surface area contributed by atoms with Gasteiger partial charge in [-0.25, -0.2) is 9.37 Å². The van der Waals surface area contributed by atoms with E-state index in [2.05, 4.69) is 15.2 Å². The molecule has 1 fully saturated rings. The fraction of sp³-hybridized carbons (Fsp3) is 0.333. The Labute approximate surface area is 126 Å². The maximum atomic E-state index is 12.8. The summed E-state index contributed by atoms with van der Waals surface area (Å²) in [5.74, 6) is -0.467. The maximum Gasteiger partial charge on any atom is 0.251 e. The smallest absolute Gasteiger partial charge is 0.251 e. The number of halogens is 1. The van der Waals surface area contributed by atoms with Crippen molar-refractivity contribution in [2.24, 2.45) is 0 Å². The molecule has 1 aliphatic heterocycles. The number of thiazole rings is 1. The zero-order valence-electron chi connectivity index (χ0n) is 11.5. The van der Waals surface area contributed by atoms with E-state index in [9.17, 15) is 9.18 Å². The van der Waals surface area contributed by atoms with Crippen LogP contribution in [0.3, 0.4) is 0 Å². The fourth-order valence-corrected chi connectivity index (χ4v) is 3.15. The Hall–Kier alpha value is -1.95. The standard InChI is InChI=1S/C15H16FN3OS/c16-12-3-1-11(2-4-12)14(20)18-13-5-8-19(9-6-13)15-17-7-10-21-15/h1-4,7,10,13H,5-6,8-9H2,(H,18,20). The van der Waals surface area contributed by atoms with Gasteiger partial charge >= 0.3 is 0 Å². The van der Waals surface area contributed by atoms with Gasteiger partial charge in [0, 0.05) is 36.3 Å². The number of nitrogens with one attached hydrogen (secondary N) is 1. The molecule has 21 heavy (non-hydrogen) atoms. The quantitative estimate of drug-likeness (QED) is 0.948. The molecule has 1 aromatic carbocycles. The molecule has 0 unspecified atom stereocenters. The molecule has 1 aliphatic rings. The molecule has 0 aliphatic carbocycles. The molecule has 0 saturated carbocycles. The van der Waals surface area contributed by atoms with Crippen molar-refractivity contribution in [1.29, 1.82) is 0 Å². The lowest BCUT2D eigenvalue weighted by Crippen LogP contribution is -2.44. The minimum atomic E-state index is -0.330. The van der Waals surface area contributed by atoms with Gasteiger partial charge in [0.2, 0.25) is 0 Å². The summed E-state index contributed by atoms with van der Waals surface area (Å²) in [7, 11) is 0. The lowest BCUT2D eigenvalue weighted by Gasteiger charge is -2.32. The minimum Gasteiger partial charge on any atom is -0.349 e. The first kappa shape index (κ1) is 14.0. The van der Waals surface area contributed by atoms with Crippen LogP contribution >= 0.6 is 11.3 Å². The molecule has 2 aromatic rings. The number of rotatable bonds is 3. The SMILES string of the molecule is O=C(NC1CCN(c2nccs2)CC1)c1ccc(F)cc1. The van der Waals surface area contributed by atoms with Gasteiger partial charge in [0.05, 0.1) is 0 Å². The van der Waals surface area contributed by atoms with Crippen molar-refractivity contribution in [3.63, 3.8) is 0 Å². The van der Waals surface area contributed by atoms with Gasteiger partial charge in [0.1, 0.15) is 5.82 Å². The topological polar surface area (TPSA) is 45.2 Å². The first-order chi connectivity index (χ1) is 10.2. The molecule has 6 heteroatoms. The van der Waals surface area contributed by atoms with Gasteiger partial charge in [0.15, 0.2) is 5.13 Å². The van der Waals surface area contributed by atoms with E-state index in [-0.39, 0.29) is 17.8 Å². The van der Waals surface area contributed by atoms with Crippen LogP contribution in [0.2, 0.25) is 0 Å². The third kappa shape index (κ3) is 3.39. The molecular formula is C15H16FN3OS. The molecule has 1 aromatic heterocycles. The van der Waals surface area contributed by atoms with Gasteiger partial charge < -0.3 is 10.2 Å². The van der Waals surface area contributed by atoms with Gasteiger partial charge in [-0.3, -0.25) is 4.79 Å². The zero-order valence-corrected chi connectivity index (χ0v) is 12.3. The lowest BCUT2D eigenvalue weighted by atomic mass is 10.0. The number of amides is 1. The summed E-state index contributed by atoms with van der Waals surface area (Å²) in [5, 5.41) is 6.03. The Kier molecular flexibility index (Phi) is 4.15. The van der Waals surface area contributed by atoms with Crippen LogP contribution in [0, 0.1) is 5.82 Å². The Morgan fingerprint density at radius 1 is 1.29 bits per heavy atom. The van der Waals surface area contributed by atoms with Crippen molar-refractivity contribution in [2.45, 2.75) is 18.9 Å². The molecule has 1 saturated heterocycles. The van der Waals surface area contributed by atoms with Crippen LogP contribution in [-0.2, 0) is 0 Å². The molecule has 0 radical (unpaired) electrons. The molecule has 1 N–H and O–H groups in total. The second-order valence-electron chi connectivity index (χ2n) is 5.06. The molecule has 3 rings (SSSR count). The number of anilines is 1. The van der Waals surface area contributed by atoms with Gasteiger partial charge in [-0.2, -0.15) is 0 Å². The van der Waals surface area contributed by atoms with Crippen molar-refractivity contribution in [2.75, 3.05) is 18.0 Å². The predicted octanol–water partition coefficient (Wildman–Crippen LogP) is 2.68. The number of nitrogens with zero attached hydrogens (tertiary/aromatic N) is 2. The van der Waals surface area contributed by atoms with E-state index in [4.69, 9.17) is 0 Å². The van der Waals surface area contributed by atoms with Gasteiger partial charge in [-0.15, -0.1) is 11.3 Å². The van der Waals surface area contributed by atoms with Crippen molar-refractivity contribution in [1.82, 2.24) is 10.3 Å². The van der Waals surface area contributed by atoms with Crippen LogP contribution in [0.25, 0.3) is 0 Å². The lowest BCUT2D eigenvalue weighted by molar-refractivity contribution is 0.0931. The molecular weight excluding hydrogens is 289 g/mol. The van der Waals surface area contributed by atoms with Crippen LogP contribution in [-0.4, -0.2) is 30.0 Å². The maximum absolute atomic E-state index is 12.8. The fourth-order valence-electron chi connectivity index (χ4n) is 2.46. The predicted molar refractivity (Wildman–Crippen MR) is 81.2 cm³/mol. The van der Waals surface area contributed by atoms with Crippen LogP contribution in [0.5, 0.6) is 0 Å². The summed E-state index contributed by atoms with van der Waals surface area (Å²) in [4.78, 5) is 18.6. The monoisotopic (exact) mass is 305 g/mol. The highest BCUT2D eigenvalue weighted by atomic mass is 32.1. The number of hydrogen-bond donors (Lipinski definition) is 1. The highest BCUT2D eigenvalue weighted by Gasteiger charge is 2.22.